The zero-order valence-corrected chi connectivity index (χ0v) is 13.3. The highest BCUT2D eigenvalue weighted by Crippen LogP contribution is 2.12. The van der Waals surface area contributed by atoms with E-state index in [0.717, 1.165) is 45.5 Å². The molecule has 0 saturated carbocycles. The molecule has 1 saturated heterocycles. The number of amides is 1. The van der Waals surface area contributed by atoms with Gasteiger partial charge in [0.1, 0.15) is 0 Å². The van der Waals surface area contributed by atoms with E-state index in [9.17, 15) is 4.79 Å². The molecule has 5 heteroatoms. The number of hydrogen-bond donors (Lipinski definition) is 1. The van der Waals surface area contributed by atoms with Crippen molar-refractivity contribution in [1.82, 2.24) is 5.32 Å². The zero-order chi connectivity index (χ0) is 14.8. The quantitative estimate of drug-likeness (QED) is 0.676. The van der Waals surface area contributed by atoms with Crippen LogP contribution in [0.4, 0.5) is 0 Å². The molecule has 1 N–H and O–H groups in total. The van der Waals surface area contributed by atoms with Gasteiger partial charge in [0.15, 0.2) is 0 Å². The second kappa shape index (κ2) is 9.92. The molecule has 1 aliphatic rings. The first-order valence-electron chi connectivity index (χ1n) is 7.79. The smallest absolute Gasteiger partial charge is 0.220 e. The number of hydrogen-bond acceptors (Lipinski definition) is 4. The van der Waals surface area contributed by atoms with E-state index in [1.807, 2.05) is 0 Å². The van der Waals surface area contributed by atoms with Gasteiger partial charge in [-0.2, -0.15) is 0 Å². The summed E-state index contributed by atoms with van der Waals surface area (Å²) in [6.07, 6.45) is 4.52. The fourth-order valence-electron chi connectivity index (χ4n) is 2.33. The lowest BCUT2D eigenvalue weighted by Gasteiger charge is -2.09. The lowest BCUT2D eigenvalue weighted by Crippen LogP contribution is -2.25. The number of aryl methyl sites for hydroxylation is 1. The average molecular weight is 311 g/mol. The Bertz CT molecular complexity index is 388. The van der Waals surface area contributed by atoms with Gasteiger partial charge in [-0.1, -0.05) is 6.07 Å². The van der Waals surface area contributed by atoms with Gasteiger partial charge in [0.05, 0.1) is 13.2 Å². The van der Waals surface area contributed by atoms with Crippen molar-refractivity contribution in [2.75, 3.05) is 33.0 Å². The van der Waals surface area contributed by atoms with Crippen LogP contribution in [0.5, 0.6) is 0 Å². The molecule has 0 bridgehead atoms. The van der Waals surface area contributed by atoms with Crippen LogP contribution in [-0.4, -0.2) is 38.9 Å². The summed E-state index contributed by atoms with van der Waals surface area (Å²) in [6, 6.07) is 4.17. The third kappa shape index (κ3) is 7.07. The number of carbonyl (C=O) groups excluding carboxylic acids is 1. The van der Waals surface area contributed by atoms with Crippen LogP contribution in [0.3, 0.4) is 0 Å². The molecule has 1 fully saturated rings. The highest BCUT2D eigenvalue weighted by atomic mass is 32.1. The molecule has 1 aliphatic heterocycles. The lowest BCUT2D eigenvalue weighted by atomic mass is 10.1. The third-order valence-corrected chi connectivity index (χ3v) is 4.51. The normalized spacial score (nSPS) is 18.0. The summed E-state index contributed by atoms with van der Waals surface area (Å²) in [6.45, 7) is 3.91. The molecule has 21 heavy (non-hydrogen) atoms. The second-order valence-corrected chi connectivity index (χ2v) is 6.47. The van der Waals surface area contributed by atoms with Gasteiger partial charge in [-0.3, -0.25) is 4.79 Å². The molecule has 0 radical (unpaired) electrons. The van der Waals surface area contributed by atoms with Gasteiger partial charge in [0, 0.05) is 37.0 Å². The number of thiophene rings is 1. The summed E-state index contributed by atoms with van der Waals surface area (Å²) >= 11 is 1.75. The first-order chi connectivity index (χ1) is 10.3. The Labute approximate surface area is 130 Å². The van der Waals surface area contributed by atoms with E-state index in [2.05, 4.69) is 22.8 Å². The van der Waals surface area contributed by atoms with Crippen molar-refractivity contribution < 1.29 is 14.3 Å². The molecular formula is C16H25NO3S. The molecule has 4 nitrogen and oxygen atoms in total. The minimum absolute atomic E-state index is 0.149. The number of rotatable bonds is 10. The van der Waals surface area contributed by atoms with Gasteiger partial charge < -0.3 is 14.8 Å². The maximum atomic E-state index is 11.6. The molecule has 1 aromatic rings. The van der Waals surface area contributed by atoms with E-state index < -0.39 is 0 Å². The largest absolute Gasteiger partial charge is 0.381 e. The minimum atomic E-state index is 0.149. The maximum absolute atomic E-state index is 11.6. The fraction of sp³-hybridized carbons (Fsp3) is 0.688. The first kappa shape index (κ1) is 16.5. The summed E-state index contributed by atoms with van der Waals surface area (Å²) in [5.41, 5.74) is 0. The molecule has 2 heterocycles. The Morgan fingerprint density at radius 2 is 2.43 bits per heavy atom. The van der Waals surface area contributed by atoms with Gasteiger partial charge >= 0.3 is 0 Å². The summed E-state index contributed by atoms with van der Waals surface area (Å²) in [7, 11) is 0. The van der Waals surface area contributed by atoms with Crippen molar-refractivity contribution in [3.8, 4) is 0 Å². The van der Waals surface area contributed by atoms with Crippen LogP contribution in [0, 0.1) is 5.92 Å². The van der Waals surface area contributed by atoms with E-state index in [-0.39, 0.29) is 5.91 Å². The zero-order valence-electron chi connectivity index (χ0n) is 12.5. The van der Waals surface area contributed by atoms with Crippen molar-refractivity contribution in [3.05, 3.63) is 22.4 Å². The van der Waals surface area contributed by atoms with Crippen molar-refractivity contribution in [1.29, 1.82) is 0 Å². The number of carbonyl (C=O) groups is 1. The minimum Gasteiger partial charge on any atom is -0.381 e. The molecule has 0 aromatic carbocycles. The summed E-state index contributed by atoms with van der Waals surface area (Å²) in [5, 5.41) is 5.03. The van der Waals surface area contributed by atoms with Crippen LogP contribution < -0.4 is 5.32 Å². The van der Waals surface area contributed by atoms with E-state index in [4.69, 9.17) is 9.47 Å². The van der Waals surface area contributed by atoms with E-state index in [1.165, 1.54) is 4.88 Å². The molecule has 0 aliphatic carbocycles. The van der Waals surface area contributed by atoms with E-state index in [1.54, 1.807) is 11.3 Å². The Kier molecular flexibility index (Phi) is 7.78. The second-order valence-electron chi connectivity index (χ2n) is 5.44. The van der Waals surface area contributed by atoms with Crippen LogP contribution in [0.15, 0.2) is 17.5 Å². The molecule has 1 atom stereocenters. The Hall–Kier alpha value is -0.910. The summed E-state index contributed by atoms with van der Waals surface area (Å²) in [4.78, 5) is 13.0. The van der Waals surface area contributed by atoms with Crippen LogP contribution in [0.25, 0.3) is 0 Å². The van der Waals surface area contributed by atoms with Crippen molar-refractivity contribution in [2.45, 2.75) is 32.1 Å². The van der Waals surface area contributed by atoms with Crippen molar-refractivity contribution in [2.24, 2.45) is 5.92 Å². The SMILES string of the molecule is O=C(CCCc1cccs1)NCCCOCC1CCOC1. The Morgan fingerprint density at radius 3 is 3.19 bits per heavy atom. The molecule has 118 valence electrons. The molecular weight excluding hydrogens is 286 g/mol. The fourth-order valence-corrected chi connectivity index (χ4v) is 3.08. The van der Waals surface area contributed by atoms with E-state index in [0.29, 0.717) is 25.5 Å². The van der Waals surface area contributed by atoms with Gasteiger partial charge in [-0.15, -0.1) is 11.3 Å². The number of nitrogens with one attached hydrogen (secondary N) is 1. The predicted molar refractivity (Wildman–Crippen MR) is 84.6 cm³/mol. The maximum Gasteiger partial charge on any atom is 0.220 e. The average Bonchev–Trinajstić information content (AvgIpc) is 3.16. The summed E-state index contributed by atoms with van der Waals surface area (Å²) < 4.78 is 10.9. The van der Waals surface area contributed by atoms with Crippen LogP contribution in [-0.2, 0) is 20.7 Å². The van der Waals surface area contributed by atoms with Crippen molar-refractivity contribution >= 4 is 17.2 Å². The van der Waals surface area contributed by atoms with Crippen LogP contribution in [0.1, 0.15) is 30.6 Å². The topological polar surface area (TPSA) is 47.6 Å². The van der Waals surface area contributed by atoms with E-state index >= 15 is 0 Å². The third-order valence-electron chi connectivity index (χ3n) is 3.57. The molecule has 1 aromatic heterocycles. The van der Waals surface area contributed by atoms with Gasteiger partial charge in [0.25, 0.3) is 0 Å². The first-order valence-corrected chi connectivity index (χ1v) is 8.67. The lowest BCUT2D eigenvalue weighted by molar-refractivity contribution is -0.121. The van der Waals surface area contributed by atoms with Crippen LogP contribution >= 0.6 is 11.3 Å². The predicted octanol–water partition coefficient (Wildman–Crippen LogP) is 2.63. The molecule has 1 amide bonds. The molecule has 1 unspecified atom stereocenters. The molecule has 0 spiro atoms. The number of ether oxygens (including phenoxy) is 2. The van der Waals surface area contributed by atoms with Gasteiger partial charge in [-0.25, -0.2) is 0 Å². The Morgan fingerprint density at radius 1 is 1.48 bits per heavy atom. The standard InChI is InChI=1S/C16H25NO3S/c18-16(6-1-4-15-5-2-11-21-15)17-8-3-9-19-12-14-7-10-20-13-14/h2,5,11,14H,1,3-4,6-10,12-13H2,(H,17,18). The monoisotopic (exact) mass is 311 g/mol. The molecule has 2 rings (SSSR count). The van der Waals surface area contributed by atoms with Crippen molar-refractivity contribution in [3.63, 3.8) is 0 Å². The Balaban J connectivity index is 1.38. The van der Waals surface area contributed by atoms with Gasteiger partial charge in [-0.05, 0) is 37.1 Å². The summed E-state index contributed by atoms with van der Waals surface area (Å²) in [5.74, 6) is 0.715. The van der Waals surface area contributed by atoms with Gasteiger partial charge in [0.2, 0.25) is 5.91 Å². The van der Waals surface area contributed by atoms with Crippen LogP contribution in [0.2, 0.25) is 0 Å². The highest BCUT2D eigenvalue weighted by molar-refractivity contribution is 7.09. The highest BCUT2D eigenvalue weighted by Gasteiger charge is 2.15.